The van der Waals surface area contributed by atoms with E-state index in [4.69, 9.17) is 38.4 Å². The third-order valence-electron chi connectivity index (χ3n) is 4.13. The molecule has 0 aliphatic carbocycles. The van der Waals surface area contributed by atoms with Gasteiger partial charge in [0.1, 0.15) is 23.5 Å². The van der Waals surface area contributed by atoms with Crippen molar-refractivity contribution in [3.05, 3.63) is 52.3 Å². The molecule has 0 atom stereocenters. The summed E-state index contributed by atoms with van der Waals surface area (Å²) in [4.78, 5) is 8.45. The average Bonchev–Trinajstić information content (AvgIpc) is 2.68. The highest BCUT2D eigenvalue weighted by atomic mass is 35.5. The Bertz CT molecular complexity index is 1010. The zero-order valence-electron chi connectivity index (χ0n) is 15.5. The fraction of sp³-hybridized carbons (Fsp3) is 0.158. The molecule has 1 heterocycles. The van der Waals surface area contributed by atoms with Crippen molar-refractivity contribution in [2.75, 3.05) is 30.6 Å². The van der Waals surface area contributed by atoms with Crippen LogP contribution < -0.4 is 25.8 Å². The number of hydrogen-bond donors (Lipinski definition) is 3. The van der Waals surface area contributed by atoms with Gasteiger partial charge >= 0.3 is 0 Å². The third-order valence-corrected chi connectivity index (χ3v) is 4.84. The number of rotatable bonds is 6. The molecule has 0 saturated heterocycles. The van der Waals surface area contributed by atoms with Gasteiger partial charge in [0, 0.05) is 16.8 Å². The average molecular weight is 420 g/mol. The third kappa shape index (κ3) is 4.00. The van der Waals surface area contributed by atoms with Gasteiger partial charge in [0.05, 0.1) is 24.9 Å². The normalized spacial score (nSPS) is 10.5. The summed E-state index contributed by atoms with van der Waals surface area (Å²) in [5.41, 5.74) is 8.88. The van der Waals surface area contributed by atoms with Crippen LogP contribution >= 0.6 is 23.2 Å². The number of hydrogen-bond acceptors (Lipinski definition) is 7. The fourth-order valence-corrected chi connectivity index (χ4v) is 2.97. The Kier molecular flexibility index (Phi) is 5.96. The largest absolute Gasteiger partial charge is 0.495 e. The van der Waals surface area contributed by atoms with Crippen LogP contribution in [0.1, 0.15) is 5.56 Å². The van der Waals surface area contributed by atoms with E-state index in [9.17, 15) is 0 Å². The zero-order chi connectivity index (χ0) is 20.3. The maximum absolute atomic E-state index is 6.27. The van der Waals surface area contributed by atoms with Gasteiger partial charge in [-0.05, 0) is 30.7 Å². The van der Waals surface area contributed by atoms with Gasteiger partial charge in [0.15, 0.2) is 11.6 Å². The highest BCUT2D eigenvalue weighted by Gasteiger charge is 2.15. The van der Waals surface area contributed by atoms with Crippen molar-refractivity contribution in [3.63, 3.8) is 0 Å². The van der Waals surface area contributed by atoms with Crippen LogP contribution in [0.2, 0.25) is 10.0 Å². The van der Waals surface area contributed by atoms with E-state index in [2.05, 4.69) is 20.6 Å². The minimum absolute atomic E-state index is 0.330. The van der Waals surface area contributed by atoms with Crippen molar-refractivity contribution in [1.29, 1.82) is 0 Å². The molecule has 3 rings (SSSR count). The summed E-state index contributed by atoms with van der Waals surface area (Å²) in [6, 6.07) is 8.91. The molecule has 0 radical (unpaired) electrons. The van der Waals surface area contributed by atoms with E-state index < -0.39 is 0 Å². The highest BCUT2D eigenvalue weighted by Crippen LogP contribution is 2.38. The molecule has 3 aromatic rings. The first-order chi connectivity index (χ1) is 13.4. The number of aromatic nitrogens is 2. The number of nitrogens with one attached hydrogen (secondary N) is 2. The second-order valence-electron chi connectivity index (χ2n) is 5.83. The minimum Gasteiger partial charge on any atom is -0.495 e. The van der Waals surface area contributed by atoms with E-state index in [-0.39, 0.29) is 0 Å². The first-order valence-corrected chi connectivity index (χ1v) is 9.01. The minimum atomic E-state index is 0.330. The molecule has 146 valence electrons. The van der Waals surface area contributed by atoms with Crippen molar-refractivity contribution in [2.24, 2.45) is 0 Å². The lowest BCUT2D eigenvalue weighted by atomic mass is 10.2. The molecule has 1 aromatic heterocycles. The Hall–Kier alpha value is -2.90. The summed E-state index contributed by atoms with van der Waals surface area (Å²) < 4.78 is 10.6. The second-order valence-corrected chi connectivity index (χ2v) is 6.65. The van der Waals surface area contributed by atoms with Crippen molar-refractivity contribution in [1.82, 2.24) is 9.97 Å². The zero-order valence-corrected chi connectivity index (χ0v) is 17.0. The smallest absolute Gasteiger partial charge is 0.159 e. The molecule has 7 nitrogen and oxygen atoms in total. The molecular weight excluding hydrogens is 401 g/mol. The van der Waals surface area contributed by atoms with Gasteiger partial charge in [0.25, 0.3) is 0 Å². The number of anilines is 5. The predicted octanol–water partition coefficient (Wildman–Crippen LogP) is 5.18. The molecule has 9 heteroatoms. The Balaban J connectivity index is 1.94. The molecule has 0 bridgehead atoms. The topological polar surface area (TPSA) is 94.3 Å². The van der Waals surface area contributed by atoms with Gasteiger partial charge in [-0.25, -0.2) is 9.97 Å². The SMILES string of the molecule is COc1cc(OC)c(Nc2ncnc(Nc3cccc(Cl)c3C)c2N)cc1Cl. The fourth-order valence-electron chi connectivity index (χ4n) is 2.55. The van der Waals surface area contributed by atoms with Gasteiger partial charge in [-0.3, -0.25) is 0 Å². The monoisotopic (exact) mass is 419 g/mol. The van der Waals surface area contributed by atoms with Crippen LogP contribution in [0.15, 0.2) is 36.7 Å². The molecule has 0 saturated carbocycles. The quantitative estimate of drug-likeness (QED) is 0.506. The number of benzene rings is 2. The van der Waals surface area contributed by atoms with Crippen molar-refractivity contribution in [3.8, 4) is 11.5 Å². The maximum atomic E-state index is 6.27. The standard InChI is InChI=1S/C19H19Cl2N5O2/c1-10-11(20)5-4-6-13(10)25-18-17(22)19(24-9-23-18)26-14-7-12(21)15(27-2)8-16(14)28-3/h4-9H,22H2,1-3H3,(H2,23,24,25,26). The number of ether oxygens (including phenoxy) is 2. The van der Waals surface area contributed by atoms with Crippen LogP contribution in [0, 0.1) is 6.92 Å². The summed E-state index contributed by atoms with van der Waals surface area (Å²) >= 11 is 12.4. The maximum Gasteiger partial charge on any atom is 0.159 e. The Morgan fingerprint density at radius 1 is 0.893 bits per heavy atom. The molecule has 0 spiro atoms. The molecule has 0 fully saturated rings. The number of halogens is 2. The summed E-state index contributed by atoms with van der Waals surface area (Å²) in [5, 5.41) is 7.39. The van der Waals surface area contributed by atoms with Crippen LogP contribution in [0.25, 0.3) is 0 Å². The van der Waals surface area contributed by atoms with Crippen molar-refractivity contribution >= 4 is 51.9 Å². The lowest BCUT2D eigenvalue weighted by Gasteiger charge is -2.16. The molecule has 0 unspecified atom stereocenters. The van der Waals surface area contributed by atoms with Gasteiger partial charge in [-0.1, -0.05) is 29.3 Å². The molecule has 0 aliphatic rings. The number of nitrogens with zero attached hydrogens (tertiary/aromatic N) is 2. The molecule has 0 aliphatic heterocycles. The molecule has 0 amide bonds. The second kappa shape index (κ2) is 8.41. The number of nitrogen functional groups attached to an aromatic ring is 1. The van der Waals surface area contributed by atoms with Crippen LogP contribution in [0.4, 0.5) is 28.7 Å². The Morgan fingerprint density at radius 3 is 2.18 bits per heavy atom. The molecule has 28 heavy (non-hydrogen) atoms. The highest BCUT2D eigenvalue weighted by molar-refractivity contribution is 6.32. The van der Waals surface area contributed by atoms with Crippen LogP contribution in [0.3, 0.4) is 0 Å². The van der Waals surface area contributed by atoms with Crippen LogP contribution in [0.5, 0.6) is 11.5 Å². The van der Waals surface area contributed by atoms with E-state index in [1.807, 2.05) is 25.1 Å². The van der Waals surface area contributed by atoms with Gasteiger partial charge in [0.2, 0.25) is 0 Å². The van der Waals surface area contributed by atoms with Crippen molar-refractivity contribution in [2.45, 2.75) is 6.92 Å². The predicted molar refractivity (Wildman–Crippen MR) is 114 cm³/mol. The van der Waals surface area contributed by atoms with Gasteiger partial charge in [-0.15, -0.1) is 0 Å². The van der Waals surface area contributed by atoms with E-state index in [1.54, 1.807) is 19.2 Å². The Morgan fingerprint density at radius 2 is 1.54 bits per heavy atom. The van der Waals surface area contributed by atoms with Gasteiger partial charge < -0.3 is 25.8 Å². The summed E-state index contributed by atoms with van der Waals surface area (Å²) in [5.74, 6) is 1.87. The van der Waals surface area contributed by atoms with Gasteiger partial charge in [-0.2, -0.15) is 0 Å². The van der Waals surface area contributed by atoms with E-state index in [0.717, 1.165) is 11.3 Å². The first-order valence-electron chi connectivity index (χ1n) is 8.25. The van der Waals surface area contributed by atoms with E-state index in [1.165, 1.54) is 13.4 Å². The summed E-state index contributed by atoms with van der Waals surface area (Å²) in [6.45, 7) is 1.91. The number of methoxy groups -OCH3 is 2. The van der Waals surface area contributed by atoms with Crippen LogP contribution in [-0.2, 0) is 0 Å². The first kappa shape index (κ1) is 19.9. The Labute approximate surface area is 172 Å². The molecule has 2 aromatic carbocycles. The lowest BCUT2D eigenvalue weighted by Crippen LogP contribution is -2.06. The van der Waals surface area contributed by atoms with Crippen molar-refractivity contribution < 1.29 is 9.47 Å². The van der Waals surface area contributed by atoms with E-state index >= 15 is 0 Å². The molecular formula is C19H19Cl2N5O2. The lowest BCUT2D eigenvalue weighted by molar-refractivity contribution is 0.396. The summed E-state index contributed by atoms with van der Waals surface area (Å²) in [6.07, 6.45) is 1.40. The van der Waals surface area contributed by atoms with Crippen LogP contribution in [-0.4, -0.2) is 24.2 Å². The molecule has 4 N–H and O–H groups in total. The number of nitrogens with two attached hydrogens (primary N) is 1. The summed E-state index contributed by atoms with van der Waals surface area (Å²) in [7, 11) is 3.08. The van der Waals surface area contributed by atoms with E-state index in [0.29, 0.717) is 44.6 Å².